The van der Waals surface area contributed by atoms with Crippen molar-refractivity contribution in [2.45, 2.75) is 84.2 Å². The van der Waals surface area contributed by atoms with E-state index in [4.69, 9.17) is 0 Å². The summed E-state index contributed by atoms with van der Waals surface area (Å²) in [6.45, 7) is 4.65. The minimum absolute atomic E-state index is 0.00448. The summed E-state index contributed by atoms with van der Waals surface area (Å²) in [5.74, 6) is 3.46. The first kappa shape index (κ1) is 15.5. The van der Waals surface area contributed by atoms with Crippen molar-refractivity contribution in [3.8, 4) is 0 Å². The van der Waals surface area contributed by atoms with Gasteiger partial charge in [-0.25, -0.2) is 0 Å². The van der Waals surface area contributed by atoms with Crippen LogP contribution in [-0.4, -0.2) is 17.0 Å². The summed E-state index contributed by atoms with van der Waals surface area (Å²) in [6, 6.07) is 0. The van der Waals surface area contributed by atoms with Crippen LogP contribution in [0, 0.1) is 29.1 Å². The summed E-state index contributed by atoms with van der Waals surface area (Å²) in [5.41, 5.74) is 0.00448. The Kier molecular flexibility index (Phi) is 4.45. The molecule has 3 fully saturated rings. The highest BCUT2D eigenvalue weighted by atomic mass is 16.3. The maximum Gasteiger partial charge on any atom is 0.139 e. The average Bonchev–Trinajstić information content (AvgIpc) is 2.76. The molecular formula is C19H32O2. The second-order valence-electron chi connectivity index (χ2n) is 8.35. The monoisotopic (exact) mass is 292 g/mol. The maximum absolute atomic E-state index is 12.4. The largest absolute Gasteiger partial charge is 0.393 e. The molecule has 0 radical (unpaired) electrons. The lowest BCUT2D eigenvalue weighted by molar-refractivity contribution is -0.130. The van der Waals surface area contributed by atoms with E-state index in [2.05, 4.69) is 13.8 Å². The molecule has 3 saturated carbocycles. The molecule has 6 atom stereocenters. The van der Waals surface area contributed by atoms with Crippen molar-refractivity contribution in [1.82, 2.24) is 0 Å². The van der Waals surface area contributed by atoms with Gasteiger partial charge in [0.25, 0.3) is 0 Å². The smallest absolute Gasteiger partial charge is 0.139 e. The summed E-state index contributed by atoms with van der Waals surface area (Å²) >= 11 is 0. The predicted molar refractivity (Wildman–Crippen MR) is 84.9 cm³/mol. The number of fused-ring (bicyclic) bond motifs is 3. The van der Waals surface area contributed by atoms with Crippen LogP contribution in [0.3, 0.4) is 0 Å². The first-order valence-electron chi connectivity index (χ1n) is 9.23. The molecule has 2 heteroatoms. The van der Waals surface area contributed by atoms with Crippen molar-refractivity contribution in [3.63, 3.8) is 0 Å². The molecule has 2 nitrogen and oxygen atoms in total. The molecule has 0 aromatic rings. The first-order chi connectivity index (χ1) is 10.0. The quantitative estimate of drug-likeness (QED) is 0.720. The third-order valence-electron chi connectivity index (χ3n) is 7.21. The highest BCUT2D eigenvalue weighted by Gasteiger charge is 2.53. The van der Waals surface area contributed by atoms with Crippen molar-refractivity contribution in [1.29, 1.82) is 0 Å². The van der Waals surface area contributed by atoms with Crippen LogP contribution in [0.5, 0.6) is 0 Å². The number of hydrogen-bond donors (Lipinski definition) is 1. The zero-order valence-corrected chi connectivity index (χ0v) is 13.8. The van der Waals surface area contributed by atoms with E-state index in [1.165, 1.54) is 25.7 Å². The van der Waals surface area contributed by atoms with Gasteiger partial charge in [-0.15, -0.1) is 0 Å². The molecule has 0 saturated heterocycles. The third-order valence-corrected chi connectivity index (χ3v) is 7.21. The Bertz CT molecular complexity index is 391. The van der Waals surface area contributed by atoms with Crippen molar-refractivity contribution in [3.05, 3.63) is 0 Å². The van der Waals surface area contributed by atoms with Gasteiger partial charge in [0.05, 0.1) is 6.10 Å². The molecule has 0 spiro atoms. The summed E-state index contributed by atoms with van der Waals surface area (Å²) in [4.78, 5) is 12.4. The van der Waals surface area contributed by atoms with Crippen LogP contribution in [-0.2, 0) is 4.79 Å². The maximum atomic E-state index is 12.4. The van der Waals surface area contributed by atoms with Crippen LogP contribution in [0.4, 0.5) is 0 Å². The summed E-state index contributed by atoms with van der Waals surface area (Å²) in [7, 11) is 0. The van der Waals surface area contributed by atoms with Crippen molar-refractivity contribution >= 4 is 5.78 Å². The SMILES string of the molecule is C[C@H]1CC[C@@H](O)CCCC[C@@H]2[C@@H]1CC[C@]1(C)C(=O)CC[C@@H]21. The minimum atomic E-state index is -0.0779. The van der Waals surface area contributed by atoms with E-state index in [1.54, 1.807) is 0 Å². The Morgan fingerprint density at radius 1 is 1.00 bits per heavy atom. The number of rotatable bonds is 0. The molecule has 0 aliphatic heterocycles. The molecule has 0 bridgehead atoms. The van der Waals surface area contributed by atoms with Gasteiger partial charge in [-0.2, -0.15) is 0 Å². The Morgan fingerprint density at radius 3 is 2.57 bits per heavy atom. The molecule has 1 N–H and O–H groups in total. The zero-order chi connectivity index (χ0) is 15.0. The number of carbonyl (C=O) groups excluding carboxylic acids is 1. The minimum Gasteiger partial charge on any atom is -0.393 e. The van der Waals surface area contributed by atoms with Crippen LogP contribution >= 0.6 is 0 Å². The molecule has 21 heavy (non-hydrogen) atoms. The van der Waals surface area contributed by atoms with Gasteiger partial charge in [-0.1, -0.05) is 26.7 Å². The van der Waals surface area contributed by atoms with E-state index in [0.717, 1.165) is 50.4 Å². The average molecular weight is 292 g/mol. The van der Waals surface area contributed by atoms with Crippen molar-refractivity contribution in [2.75, 3.05) is 0 Å². The summed E-state index contributed by atoms with van der Waals surface area (Å²) < 4.78 is 0. The van der Waals surface area contributed by atoms with Crippen LogP contribution < -0.4 is 0 Å². The fourth-order valence-corrected chi connectivity index (χ4v) is 5.78. The van der Waals surface area contributed by atoms with Crippen molar-refractivity contribution in [2.24, 2.45) is 29.1 Å². The van der Waals surface area contributed by atoms with Gasteiger partial charge >= 0.3 is 0 Å². The molecule has 0 aromatic carbocycles. The van der Waals surface area contributed by atoms with Gasteiger partial charge in [0.15, 0.2) is 0 Å². The molecule has 0 heterocycles. The molecule has 0 aromatic heterocycles. The van der Waals surface area contributed by atoms with Crippen LogP contribution in [0.1, 0.15) is 78.1 Å². The van der Waals surface area contributed by atoms with Crippen LogP contribution in [0.25, 0.3) is 0 Å². The topological polar surface area (TPSA) is 37.3 Å². The van der Waals surface area contributed by atoms with Gasteiger partial charge in [0.1, 0.15) is 5.78 Å². The van der Waals surface area contributed by atoms with E-state index >= 15 is 0 Å². The highest BCUT2D eigenvalue weighted by molar-refractivity contribution is 5.87. The Labute approximate surface area is 129 Å². The fraction of sp³-hybridized carbons (Fsp3) is 0.947. The molecule has 3 rings (SSSR count). The van der Waals surface area contributed by atoms with Crippen LogP contribution in [0.15, 0.2) is 0 Å². The third kappa shape index (κ3) is 2.81. The number of ketones is 1. The van der Waals surface area contributed by atoms with E-state index in [9.17, 15) is 9.90 Å². The Balaban J connectivity index is 1.79. The molecule has 120 valence electrons. The Hall–Kier alpha value is -0.370. The van der Waals surface area contributed by atoms with Gasteiger partial charge in [-0.3, -0.25) is 4.79 Å². The lowest BCUT2D eigenvalue weighted by Crippen LogP contribution is -2.43. The number of Topliss-reactive ketones (excluding diaryl/α,β-unsaturated/α-hetero) is 1. The molecule has 0 amide bonds. The summed E-state index contributed by atoms with van der Waals surface area (Å²) in [5, 5.41) is 10.0. The van der Waals surface area contributed by atoms with Gasteiger partial charge < -0.3 is 5.11 Å². The summed E-state index contributed by atoms with van der Waals surface area (Å²) in [6.07, 6.45) is 11.1. The Morgan fingerprint density at radius 2 is 1.76 bits per heavy atom. The van der Waals surface area contributed by atoms with E-state index in [1.807, 2.05) is 0 Å². The zero-order valence-electron chi connectivity index (χ0n) is 13.8. The van der Waals surface area contributed by atoms with Gasteiger partial charge in [0, 0.05) is 11.8 Å². The lowest BCUT2D eigenvalue weighted by Gasteiger charge is -2.48. The second-order valence-corrected chi connectivity index (χ2v) is 8.35. The standard InChI is InChI=1S/C19H32O2/c1-13-7-8-14(20)5-3-4-6-16-15(13)11-12-19(2)17(16)9-10-18(19)21/h13-17,20H,3-12H2,1-2H3/t13-,14-,15+,16+,17-,19-/m0/s1. The van der Waals surface area contributed by atoms with Crippen LogP contribution in [0.2, 0.25) is 0 Å². The molecular weight excluding hydrogens is 260 g/mol. The van der Waals surface area contributed by atoms with E-state index in [0.29, 0.717) is 17.6 Å². The number of aliphatic hydroxyl groups excluding tert-OH is 1. The molecule has 0 unspecified atom stereocenters. The fourth-order valence-electron chi connectivity index (χ4n) is 5.78. The van der Waals surface area contributed by atoms with Gasteiger partial charge in [-0.05, 0) is 68.6 Å². The lowest BCUT2D eigenvalue weighted by atomic mass is 9.56. The molecule has 3 aliphatic rings. The molecule has 3 aliphatic carbocycles. The highest BCUT2D eigenvalue weighted by Crippen LogP contribution is 2.57. The van der Waals surface area contributed by atoms with E-state index < -0.39 is 0 Å². The predicted octanol–water partition coefficient (Wildman–Crippen LogP) is 4.35. The normalized spacial score (nSPS) is 48.5. The first-order valence-corrected chi connectivity index (χ1v) is 9.23. The number of aliphatic hydroxyl groups is 1. The van der Waals surface area contributed by atoms with Gasteiger partial charge in [0.2, 0.25) is 0 Å². The second kappa shape index (κ2) is 6.02. The number of carbonyl (C=O) groups is 1. The number of hydrogen-bond acceptors (Lipinski definition) is 2. The van der Waals surface area contributed by atoms with E-state index in [-0.39, 0.29) is 11.5 Å². The van der Waals surface area contributed by atoms with Crippen molar-refractivity contribution < 1.29 is 9.90 Å².